The molecule has 2 atom stereocenters. The predicted molar refractivity (Wildman–Crippen MR) is 81.4 cm³/mol. The molecule has 1 aliphatic rings. The van der Waals surface area contributed by atoms with E-state index in [4.69, 9.17) is 0 Å². The van der Waals surface area contributed by atoms with Crippen molar-refractivity contribution in [2.75, 3.05) is 19.6 Å². The number of amides is 1. The summed E-state index contributed by atoms with van der Waals surface area (Å²) in [7, 11) is 0. The molecule has 1 aliphatic heterocycles. The van der Waals surface area contributed by atoms with Gasteiger partial charge in [0.2, 0.25) is 0 Å². The summed E-state index contributed by atoms with van der Waals surface area (Å²) in [5, 5.41) is 29.7. The van der Waals surface area contributed by atoms with Gasteiger partial charge in [-0.15, -0.1) is 0 Å². The number of carbonyl (C=O) groups is 1. The van der Waals surface area contributed by atoms with Crippen LogP contribution in [-0.4, -0.2) is 67.5 Å². The number of aromatic amines is 1. The van der Waals surface area contributed by atoms with E-state index in [9.17, 15) is 15.0 Å². The Morgan fingerprint density at radius 1 is 1.39 bits per heavy atom. The number of hydrogen-bond donors (Lipinski definition) is 4. The molecule has 3 rings (SSSR count). The van der Waals surface area contributed by atoms with E-state index in [-0.39, 0.29) is 19.0 Å². The summed E-state index contributed by atoms with van der Waals surface area (Å²) in [4.78, 5) is 17.8. The maximum Gasteiger partial charge on any atom is 0.269 e. The van der Waals surface area contributed by atoms with Crippen LogP contribution in [0, 0.1) is 0 Å². The first-order valence-corrected chi connectivity index (χ1v) is 7.36. The van der Waals surface area contributed by atoms with Gasteiger partial charge in [0.25, 0.3) is 5.91 Å². The standard InChI is InChI=1S/C15H19N5O3/c21-13-8-20(7-11-1-4-16-5-2-11)10-15(13,23)9-17-14(22)12-3-6-18-19-12/h1-6,13,21,23H,7-10H2,(H,17,22)(H,18,19)/t13-,15+/m1/s1. The first-order valence-electron chi connectivity index (χ1n) is 7.36. The first kappa shape index (κ1) is 15.6. The molecule has 0 bridgehead atoms. The lowest BCUT2D eigenvalue weighted by atomic mass is 10.0. The minimum atomic E-state index is -1.37. The summed E-state index contributed by atoms with van der Waals surface area (Å²) in [5.41, 5.74) is -0.00409. The number of aromatic nitrogens is 3. The molecule has 0 unspecified atom stereocenters. The van der Waals surface area contributed by atoms with Gasteiger partial charge in [-0.05, 0) is 23.8 Å². The van der Waals surface area contributed by atoms with Gasteiger partial charge >= 0.3 is 0 Å². The van der Waals surface area contributed by atoms with Crippen LogP contribution in [0.5, 0.6) is 0 Å². The molecule has 23 heavy (non-hydrogen) atoms. The number of nitrogens with one attached hydrogen (secondary N) is 2. The van der Waals surface area contributed by atoms with Gasteiger partial charge < -0.3 is 15.5 Å². The van der Waals surface area contributed by atoms with Gasteiger partial charge in [0, 0.05) is 38.2 Å². The molecule has 1 fully saturated rings. The molecule has 8 nitrogen and oxygen atoms in total. The summed E-state index contributed by atoms with van der Waals surface area (Å²) in [5.74, 6) is -0.365. The van der Waals surface area contributed by atoms with Crippen molar-refractivity contribution in [2.45, 2.75) is 18.2 Å². The van der Waals surface area contributed by atoms with Crippen LogP contribution in [0.4, 0.5) is 0 Å². The number of β-amino-alcohol motifs (C(OH)–C–C–N with tert-alkyl or cyclic N) is 2. The molecule has 4 N–H and O–H groups in total. The molecule has 0 saturated carbocycles. The normalized spacial score (nSPS) is 24.7. The van der Waals surface area contributed by atoms with Gasteiger partial charge in [-0.2, -0.15) is 5.10 Å². The molecule has 0 aliphatic carbocycles. The smallest absolute Gasteiger partial charge is 0.269 e. The quantitative estimate of drug-likeness (QED) is 0.571. The summed E-state index contributed by atoms with van der Waals surface area (Å²) in [6.45, 7) is 1.20. The third-order valence-electron chi connectivity index (χ3n) is 4.00. The maximum absolute atomic E-state index is 11.9. The molecule has 2 aromatic rings. The lowest BCUT2D eigenvalue weighted by molar-refractivity contribution is -0.0377. The van der Waals surface area contributed by atoms with Crippen LogP contribution < -0.4 is 5.32 Å². The van der Waals surface area contributed by atoms with Crippen molar-refractivity contribution in [3.05, 3.63) is 48.0 Å². The van der Waals surface area contributed by atoms with Gasteiger partial charge in [0.05, 0.1) is 12.6 Å². The Morgan fingerprint density at radius 3 is 2.87 bits per heavy atom. The molecule has 1 amide bonds. The zero-order valence-electron chi connectivity index (χ0n) is 12.5. The Morgan fingerprint density at radius 2 is 2.17 bits per heavy atom. The highest BCUT2D eigenvalue weighted by atomic mass is 16.3. The van der Waals surface area contributed by atoms with Crippen LogP contribution in [-0.2, 0) is 6.54 Å². The number of carbonyl (C=O) groups excluding carboxylic acids is 1. The summed E-state index contributed by atoms with van der Waals surface area (Å²) in [6.07, 6.45) is 3.97. The molecule has 0 spiro atoms. The van der Waals surface area contributed by atoms with E-state index >= 15 is 0 Å². The number of aliphatic hydroxyl groups excluding tert-OH is 1. The van der Waals surface area contributed by atoms with Crippen LogP contribution in [0.2, 0.25) is 0 Å². The topological polar surface area (TPSA) is 114 Å². The number of aliphatic hydroxyl groups is 2. The molecule has 0 radical (unpaired) electrons. The fraction of sp³-hybridized carbons (Fsp3) is 0.400. The average Bonchev–Trinajstić information content (AvgIpc) is 3.16. The average molecular weight is 317 g/mol. The van der Waals surface area contributed by atoms with Crippen LogP contribution in [0.25, 0.3) is 0 Å². The van der Waals surface area contributed by atoms with Gasteiger partial charge in [-0.1, -0.05) is 0 Å². The van der Waals surface area contributed by atoms with Crippen molar-refractivity contribution in [3.63, 3.8) is 0 Å². The SMILES string of the molecule is O=C(NC[C@]1(O)CN(Cc2ccncc2)C[C@H]1O)c1ccn[nH]1. The first-order chi connectivity index (χ1) is 11.1. The summed E-state index contributed by atoms with van der Waals surface area (Å²) in [6, 6.07) is 5.33. The molecule has 1 saturated heterocycles. The number of nitrogens with zero attached hydrogens (tertiary/aromatic N) is 3. The monoisotopic (exact) mass is 317 g/mol. The van der Waals surface area contributed by atoms with Gasteiger partial charge in [-0.25, -0.2) is 0 Å². The van der Waals surface area contributed by atoms with Crippen LogP contribution in [0.1, 0.15) is 16.1 Å². The number of rotatable bonds is 5. The van der Waals surface area contributed by atoms with Crippen molar-refractivity contribution in [1.29, 1.82) is 0 Å². The zero-order chi connectivity index (χ0) is 16.3. The molecule has 8 heteroatoms. The second-order valence-corrected chi connectivity index (χ2v) is 5.80. The maximum atomic E-state index is 11.9. The van der Waals surface area contributed by atoms with Gasteiger partial charge in [0.15, 0.2) is 0 Å². The molecule has 2 aromatic heterocycles. The van der Waals surface area contributed by atoms with Crippen molar-refractivity contribution in [2.24, 2.45) is 0 Å². The lowest BCUT2D eigenvalue weighted by Gasteiger charge is -2.26. The second kappa shape index (κ2) is 6.45. The van der Waals surface area contributed by atoms with Gasteiger partial charge in [-0.3, -0.25) is 19.8 Å². The van der Waals surface area contributed by atoms with E-state index in [0.29, 0.717) is 18.8 Å². The molecule has 122 valence electrons. The fourth-order valence-corrected chi connectivity index (χ4v) is 2.72. The highest BCUT2D eigenvalue weighted by Gasteiger charge is 2.44. The van der Waals surface area contributed by atoms with E-state index in [1.54, 1.807) is 18.5 Å². The number of hydrogen-bond acceptors (Lipinski definition) is 6. The predicted octanol–water partition coefficient (Wildman–Crippen LogP) is -0.858. The van der Waals surface area contributed by atoms with Crippen LogP contribution >= 0.6 is 0 Å². The van der Waals surface area contributed by atoms with Crippen molar-refractivity contribution in [1.82, 2.24) is 25.4 Å². The van der Waals surface area contributed by atoms with Crippen molar-refractivity contribution < 1.29 is 15.0 Å². The number of H-pyrrole nitrogens is 1. The van der Waals surface area contributed by atoms with E-state index in [2.05, 4.69) is 20.5 Å². The number of pyridine rings is 1. The highest BCUT2D eigenvalue weighted by Crippen LogP contribution is 2.23. The molecule has 3 heterocycles. The lowest BCUT2D eigenvalue weighted by Crippen LogP contribution is -2.51. The molecular formula is C15H19N5O3. The Bertz CT molecular complexity index is 648. The van der Waals surface area contributed by atoms with Crippen LogP contribution in [0.3, 0.4) is 0 Å². The Hall–Kier alpha value is -2.29. The Labute approximate surface area is 133 Å². The minimum absolute atomic E-state index is 0.0289. The fourth-order valence-electron chi connectivity index (χ4n) is 2.72. The zero-order valence-corrected chi connectivity index (χ0v) is 12.5. The van der Waals surface area contributed by atoms with E-state index < -0.39 is 11.7 Å². The van der Waals surface area contributed by atoms with Crippen molar-refractivity contribution >= 4 is 5.91 Å². The van der Waals surface area contributed by atoms with Crippen LogP contribution in [0.15, 0.2) is 36.8 Å². The minimum Gasteiger partial charge on any atom is -0.389 e. The van der Waals surface area contributed by atoms with E-state index in [0.717, 1.165) is 5.56 Å². The third kappa shape index (κ3) is 3.55. The third-order valence-corrected chi connectivity index (χ3v) is 4.00. The van der Waals surface area contributed by atoms with E-state index in [1.807, 2.05) is 17.0 Å². The Kier molecular flexibility index (Phi) is 4.37. The second-order valence-electron chi connectivity index (χ2n) is 5.80. The molecular weight excluding hydrogens is 298 g/mol. The largest absolute Gasteiger partial charge is 0.389 e. The summed E-state index contributed by atoms with van der Waals surface area (Å²) >= 11 is 0. The van der Waals surface area contributed by atoms with Gasteiger partial charge in [0.1, 0.15) is 11.3 Å². The Balaban J connectivity index is 1.57. The molecule has 0 aromatic carbocycles. The van der Waals surface area contributed by atoms with Crippen molar-refractivity contribution in [3.8, 4) is 0 Å². The highest BCUT2D eigenvalue weighted by molar-refractivity contribution is 5.92. The van der Waals surface area contributed by atoms with E-state index in [1.165, 1.54) is 6.20 Å². The summed E-state index contributed by atoms with van der Waals surface area (Å²) < 4.78 is 0. The number of likely N-dealkylation sites (tertiary alicyclic amines) is 1.